The van der Waals surface area contributed by atoms with Gasteiger partial charge in [0.2, 0.25) is 0 Å². The molecule has 0 aliphatic heterocycles. The Hall–Kier alpha value is -1.72. The van der Waals surface area contributed by atoms with Gasteiger partial charge in [-0.05, 0) is 43.0 Å². The summed E-state index contributed by atoms with van der Waals surface area (Å²) in [5.74, 6) is 2.29. The Bertz CT molecular complexity index is 583. The molecule has 0 bridgehead atoms. The van der Waals surface area contributed by atoms with Crippen molar-refractivity contribution in [3.63, 3.8) is 0 Å². The average Bonchev–Trinajstić information content (AvgIpc) is 2.97. The Labute approximate surface area is 129 Å². The molecule has 0 amide bonds. The fourth-order valence-corrected chi connectivity index (χ4v) is 3.01. The highest BCUT2D eigenvalue weighted by molar-refractivity contribution is 7.10. The molecule has 0 radical (unpaired) electrons. The Morgan fingerprint density at radius 3 is 2.43 bits per heavy atom. The topological polar surface area (TPSA) is 53.7 Å². The van der Waals surface area contributed by atoms with Crippen molar-refractivity contribution in [2.45, 2.75) is 19.9 Å². The van der Waals surface area contributed by atoms with Crippen LogP contribution in [-0.2, 0) is 0 Å². The molecule has 0 fully saturated rings. The molecule has 1 atom stereocenters. The van der Waals surface area contributed by atoms with Gasteiger partial charge < -0.3 is 19.9 Å². The van der Waals surface area contributed by atoms with E-state index in [0.29, 0.717) is 13.2 Å². The largest absolute Gasteiger partial charge is 0.496 e. The molecule has 0 aliphatic rings. The molecule has 2 N–H and O–H groups in total. The average molecular weight is 307 g/mol. The molecule has 2 rings (SSSR count). The van der Waals surface area contributed by atoms with E-state index in [1.54, 1.807) is 18.4 Å². The number of rotatable bonds is 7. The maximum absolute atomic E-state index is 6.36. The second-order valence-electron chi connectivity index (χ2n) is 4.40. The van der Waals surface area contributed by atoms with Gasteiger partial charge in [-0.1, -0.05) is 6.07 Å². The quantitative estimate of drug-likeness (QED) is 0.849. The lowest BCUT2D eigenvalue weighted by Crippen LogP contribution is -2.12. The minimum atomic E-state index is -0.241. The lowest BCUT2D eigenvalue weighted by atomic mass is 10.1. The van der Waals surface area contributed by atoms with Crippen LogP contribution in [0.5, 0.6) is 17.2 Å². The third kappa shape index (κ3) is 3.49. The van der Waals surface area contributed by atoms with Gasteiger partial charge in [0.05, 0.1) is 31.2 Å². The van der Waals surface area contributed by atoms with E-state index in [0.717, 1.165) is 27.7 Å². The van der Waals surface area contributed by atoms with E-state index in [1.165, 1.54) is 0 Å². The molecule has 0 spiro atoms. The van der Waals surface area contributed by atoms with Crippen LogP contribution < -0.4 is 19.9 Å². The van der Waals surface area contributed by atoms with Gasteiger partial charge in [0.25, 0.3) is 0 Å². The summed E-state index contributed by atoms with van der Waals surface area (Å²) in [5.41, 5.74) is 7.33. The van der Waals surface area contributed by atoms with Gasteiger partial charge in [-0.2, -0.15) is 0 Å². The van der Waals surface area contributed by atoms with Crippen molar-refractivity contribution in [3.8, 4) is 17.2 Å². The second-order valence-corrected chi connectivity index (χ2v) is 5.35. The smallest absolute Gasteiger partial charge is 0.161 e. The third-order valence-corrected chi connectivity index (χ3v) is 4.07. The Morgan fingerprint density at radius 1 is 1.05 bits per heavy atom. The van der Waals surface area contributed by atoms with Crippen LogP contribution in [0, 0.1) is 0 Å². The van der Waals surface area contributed by atoms with Gasteiger partial charge in [-0.25, -0.2) is 0 Å². The van der Waals surface area contributed by atoms with E-state index in [-0.39, 0.29) is 6.04 Å². The van der Waals surface area contributed by atoms with Gasteiger partial charge >= 0.3 is 0 Å². The van der Waals surface area contributed by atoms with Crippen molar-refractivity contribution in [1.82, 2.24) is 0 Å². The van der Waals surface area contributed by atoms with E-state index < -0.39 is 0 Å². The van der Waals surface area contributed by atoms with Gasteiger partial charge in [-0.15, -0.1) is 11.3 Å². The van der Waals surface area contributed by atoms with Crippen LogP contribution in [0.2, 0.25) is 0 Å². The van der Waals surface area contributed by atoms with E-state index in [9.17, 15) is 0 Å². The highest BCUT2D eigenvalue weighted by Crippen LogP contribution is 2.36. The highest BCUT2D eigenvalue weighted by Gasteiger charge is 2.17. The van der Waals surface area contributed by atoms with Gasteiger partial charge in [0.1, 0.15) is 5.75 Å². The zero-order valence-corrected chi connectivity index (χ0v) is 13.4. The molecule has 4 nitrogen and oxygen atoms in total. The number of ether oxygens (including phenoxy) is 3. The summed E-state index contributed by atoms with van der Waals surface area (Å²) in [6.45, 7) is 5.09. The maximum Gasteiger partial charge on any atom is 0.161 e. The molecule has 0 aliphatic carbocycles. The van der Waals surface area contributed by atoms with Crippen molar-refractivity contribution >= 4 is 11.3 Å². The monoisotopic (exact) mass is 307 g/mol. The standard InChI is InChI=1S/C16H21NO3S/c1-4-19-12-7-6-11(10-14(12)20-5-2)15(17)16-13(18-3)8-9-21-16/h6-10,15H,4-5,17H2,1-3H3. The molecule has 5 heteroatoms. The van der Waals surface area contributed by atoms with Crippen LogP contribution in [0.3, 0.4) is 0 Å². The number of hydrogen-bond acceptors (Lipinski definition) is 5. The maximum atomic E-state index is 6.36. The van der Waals surface area contributed by atoms with E-state index in [2.05, 4.69) is 0 Å². The normalized spacial score (nSPS) is 12.0. The van der Waals surface area contributed by atoms with Gasteiger partial charge in [0.15, 0.2) is 11.5 Å². The molecule has 1 unspecified atom stereocenters. The minimum absolute atomic E-state index is 0.241. The zero-order chi connectivity index (χ0) is 15.2. The number of methoxy groups -OCH3 is 1. The van der Waals surface area contributed by atoms with Crippen molar-refractivity contribution in [2.24, 2.45) is 5.73 Å². The van der Waals surface area contributed by atoms with Crippen LogP contribution in [-0.4, -0.2) is 20.3 Å². The lowest BCUT2D eigenvalue weighted by Gasteiger charge is -2.16. The number of thiophene rings is 1. The Kier molecular flexibility index (Phi) is 5.47. The first-order valence-corrected chi connectivity index (χ1v) is 7.85. The SMILES string of the molecule is CCOc1ccc(C(N)c2sccc2OC)cc1OCC. The van der Waals surface area contributed by atoms with Crippen LogP contribution >= 0.6 is 11.3 Å². The Morgan fingerprint density at radius 2 is 1.76 bits per heavy atom. The molecular weight excluding hydrogens is 286 g/mol. The zero-order valence-electron chi connectivity index (χ0n) is 12.6. The van der Waals surface area contributed by atoms with Gasteiger partial charge in [-0.3, -0.25) is 0 Å². The van der Waals surface area contributed by atoms with Gasteiger partial charge in [0, 0.05) is 0 Å². The molecule has 21 heavy (non-hydrogen) atoms. The third-order valence-electron chi connectivity index (χ3n) is 3.09. The van der Waals surface area contributed by atoms with Crippen molar-refractivity contribution in [1.29, 1.82) is 0 Å². The first kappa shape index (κ1) is 15.7. The van der Waals surface area contributed by atoms with Crippen molar-refractivity contribution in [2.75, 3.05) is 20.3 Å². The summed E-state index contributed by atoms with van der Waals surface area (Å²) in [7, 11) is 1.65. The summed E-state index contributed by atoms with van der Waals surface area (Å²) in [6, 6.07) is 7.51. The molecule has 0 saturated carbocycles. The van der Waals surface area contributed by atoms with E-state index >= 15 is 0 Å². The van der Waals surface area contributed by atoms with E-state index in [4.69, 9.17) is 19.9 Å². The highest BCUT2D eigenvalue weighted by atomic mass is 32.1. The predicted octanol–water partition coefficient (Wildman–Crippen LogP) is 3.60. The molecular formula is C16H21NO3S. The molecule has 1 heterocycles. The number of hydrogen-bond donors (Lipinski definition) is 1. The fourth-order valence-electron chi connectivity index (χ4n) is 2.12. The van der Waals surface area contributed by atoms with Crippen LogP contribution in [0.4, 0.5) is 0 Å². The fraction of sp³-hybridized carbons (Fsp3) is 0.375. The number of nitrogens with two attached hydrogens (primary N) is 1. The van der Waals surface area contributed by atoms with Crippen LogP contribution in [0.1, 0.15) is 30.3 Å². The molecule has 1 aromatic carbocycles. The van der Waals surface area contributed by atoms with Crippen LogP contribution in [0.25, 0.3) is 0 Å². The summed E-state index contributed by atoms with van der Waals surface area (Å²) in [4.78, 5) is 1.00. The first-order chi connectivity index (χ1) is 10.2. The van der Waals surface area contributed by atoms with E-state index in [1.807, 2.05) is 43.5 Å². The summed E-state index contributed by atoms with van der Waals surface area (Å²) in [6.07, 6.45) is 0. The summed E-state index contributed by atoms with van der Waals surface area (Å²) < 4.78 is 16.6. The van der Waals surface area contributed by atoms with Crippen molar-refractivity contribution < 1.29 is 14.2 Å². The minimum Gasteiger partial charge on any atom is -0.496 e. The second kappa shape index (κ2) is 7.33. The molecule has 0 saturated heterocycles. The summed E-state index contributed by atoms with van der Waals surface area (Å²) >= 11 is 1.59. The number of benzene rings is 1. The van der Waals surface area contributed by atoms with Crippen molar-refractivity contribution in [3.05, 3.63) is 40.1 Å². The molecule has 114 valence electrons. The molecule has 1 aromatic heterocycles. The first-order valence-electron chi connectivity index (χ1n) is 6.97. The van der Waals surface area contributed by atoms with Crippen LogP contribution in [0.15, 0.2) is 29.6 Å². The lowest BCUT2D eigenvalue weighted by molar-refractivity contribution is 0.287. The molecule has 2 aromatic rings. The summed E-state index contributed by atoms with van der Waals surface area (Å²) in [5, 5.41) is 1.98. The Balaban J connectivity index is 2.33. The predicted molar refractivity (Wildman–Crippen MR) is 85.7 cm³/mol.